The van der Waals surface area contributed by atoms with E-state index in [2.05, 4.69) is 15.3 Å². The number of pyridine rings is 1. The summed E-state index contributed by atoms with van der Waals surface area (Å²) < 4.78 is 13.2. The molecule has 0 saturated heterocycles. The number of ether oxygens (including phenoxy) is 2. The molecule has 2 heterocycles. The van der Waals surface area contributed by atoms with E-state index in [0.717, 1.165) is 0 Å². The number of hydrogen-bond acceptors (Lipinski definition) is 7. The molecule has 3 aromatic rings. The largest absolute Gasteiger partial charge is 0.455 e. The van der Waals surface area contributed by atoms with Crippen molar-refractivity contribution in [2.45, 2.75) is 39.8 Å². The molecule has 0 fully saturated rings. The summed E-state index contributed by atoms with van der Waals surface area (Å²) in [4.78, 5) is 37.1. The van der Waals surface area contributed by atoms with Crippen LogP contribution in [-0.2, 0) is 11.3 Å². The van der Waals surface area contributed by atoms with Gasteiger partial charge in [-0.25, -0.2) is 9.78 Å². The Hall–Kier alpha value is -4.14. The van der Waals surface area contributed by atoms with Crippen molar-refractivity contribution >= 4 is 23.6 Å². The summed E-state index contributed by atoms with van der Waals surface area (Å²) in [7, 11) is 3.62. The van der Waals surface area contributed by atoms with Gasteiger partial charge in [0.25, 0.3) is 5.91 Å². The Bertz CT molecular complexity index is 1210. The molecule has 0 aliphatic heterocycles. The summed E-state index contributed by atoms with van der Waals surface area (Å²) in [6.07, 6.45) is 5.30. The molecule has 184 valence electrons. The first-order chi connectivity index (χ1) is 16.6. The lowest BCUT2D eigenvalue weighted by molar-refractivity contribution is 0.00597. The lowest BCUT2D eigenvalue weighted by Gasteiger charge is -2.21. The van der Waals surface area contributed by atoms with Gasteiger partial charge in [0.15, 0.2) is 11.5 Å². The van der Waals surface area contributed by atoms with Crippen molar-refractivity contribution in [2.75, 3.05) is 24.3 Å². The minimum absolute atomic E-state index is 0.0898. The van der Waals surface area contributed by atoms with E-state index >= 15 is 0 Å². The topological polar surface area (TPSA) is 98.6 Å². The summed E-state index contributed by atoms with van der Waals surface area (Å²) in [6, 6.07) is 12.3. The standard InChI is InChI=1S/C26H31N5O4/c1-7-8-17-31-20(24(33)35-26(2,3)4)21(29-25(31)30(5)6)28-22(32)19-15-12-16-27-23(19)34-18-13-10-9-11-14-18/h7-16H,17H2,1-6H3,(H,28,32)/b8-7-. The maximum atomic E-state index is 13.3. The van der Waals surface area contributed by atoms with Crippen molar-refractivity contribution in [2.24, 2.45) is 0 Å². The number of benzene rings is 1. The van der Waals surface area contributed by atoms with Crippen LogP contribution in [0.25, 0.3) is 0 Å². The van der Waals surface area contributed by atoms with Crippen LogP contribution in [0.4, 0.5) is 11.8 Å². The fourth-order valence-corrected chi connectivity index (χ4v) is 3.21. The summed E-state index contributed by atoms with van der Waals surface area (Å²) in [5.74, 6) is 0.147. The molecule has 0 aliphatic carbocycles. The Balaban J connectivity index is 2.02. The predicted octanol–water partition coefficient (Wildman–Crippen LogP) is 4.92. The second kappa shape index (κ2) is 10.9. The lowest BCUT2D eigenvalue weighted by atomic mass is 10.2. The summed E-state index contributed by atoms with van der Waals surface area (Å²) >= 11 is 0. The number of allylic oxidation sites excluding steroid dienone is 2. The number of nitrogens with zero attached hydrogens (tertiary/aromatic N) is 4. The van der Waals surface area contributed by atoms with Crippen LogP contribution in [-0.4, -0.2) is 46.1 Å². The van der Waals surface area contributed by atoms with Crippen LogP contribution in [0.2, 0.25) is 0 Å². The van der Waals surface area contributed by atoms with Gasteiger partial charge < -0.3 is 19.7 Å². The Morgan fingerprint density at radius 2 is 1.83 bits per heavy atom. The average Bonchev–Trinajstić information content (AvgIpc) is 3.16. The minimum Gasteiger partial charge on any atom is -0.455 e. The van der Waals surface area contributed by atoms with Gasteiger partial charge in [-0.2, -0.15) is 4.98 Å². The van der Waals surface area contributed by atoms with Crippen molar-refractivity contribution < 1.29 is 19.1 Å². The van der Waals surface area contributed by atoms with Gasteiger partial charge in [0, 0.05) is 26.8 Å². The van der Waals surface area contributed by atoms with Crippen LogP contribution < -0.4 is 15.0 Å². The number of rotatable bonds is 8. The zero-order chi connectivity index (χ0) is 25.6. The molecule has 0 unspecified atom stereocenters. The number of carbonyl (C=O) groups excluding carboxylic acids is 2. The number of nitrogens with one attached hydrogen (secondary N) is 1. The van der Waals surface area contributed by atoms with E-state index in [1.165, 1.54) is 6.20 Å². The van der Waals surface area contributed by atoms with Crippen LogP contribution in [0.15, 0.2) is 60.8 Å². The molecular formula is C26H31N5O4. The van der Waals surface area contributed by atoms with E-state index in [4.69, 9.17) is 9.47 Å². The van der Waals surface area contributed by atoms with Gasteiger partial charge in [-0.05, 0) is 52.0 Å². The van der Waals surface area contributed by atoms with Crippen molar-refractivity contribution in [3.05, 3.63) is 72.1 Å². The molecule has 3 rings (SSSR count). The number of anilines is 2. The number of imidazole rings is 1. The van der Waals surface area contributed by atoms with Crippen LogP contribution in [0.5, 0.6) is 11.6 Å². The maximum absolute atomic E-state index is 13.3. The molecule has 0 aliphatic rings. The Morgan fingerprint density at radius 1 is 1.11 bits per heavy atom. The van der Waals surface area contributed by atoms with Crippen LogP contribution in [0, 0.1) is 0 Å². The maximum Gasteiger partial charge on any atom is 0.359 e. The molecule has 1 aromatic carbocycles. The van der Waals surface area contributed by atoms with Crippen LogP contribution in [0.3, 0.4) is 0 Å². The van der Waals surface area contributed by atoms with Gasteiger partial charge in [-0.1, -0.05) is 30.4 Å². The first kappa shape index (κ1) is 25.5. The van der Waals surface area contributed by atoms with E-state index < -0.39 is 17.5 Å². The normalized spacial score (nSPS) is 11.4. The van der Waals surface area contributed by atoms with Gasteiger partial charge in [-0.15, -0.1) is 0 Å². The highest BCUT2D eigenvalue weighted by molar-refractivity contribution is 6.08. The fraction of sp³-hybridized carbons (Fsp3) is 0.308. The number of aromatic nitrogens is 3. The van der Waals surface area contributed by atoms with Gasteiger partial charge in [0.2, 0.25) is 11.8 Å². The van der Waals surface area contributed by atoms with Gasteiger partial charge in [0.1, 0.15) is 16.9 Å². The summed E-state index contributed by atoms with van der Waals surface area (Å²) in [5, 5.41) is 2.77. The monoisotopic (exact) mass is 477 g/mol. The molecule has 0 spiro atoms. The van der Waals surface area contributed by atoms with E-state index in [9.17, 15) is 9.59 Å². The smallest absolute Gasteiger partial charge is 0.359 e. The number of hydrogen-bond donors (Lipinski definition) is 1. The van der Waals surface area contributed by atoms with Gasteiger partial charge in [0.05, 0.1) is 0 Å². The van der Waals surface area contributed by atoms with E-state index in [0.29, 0.717) is 18.2 Å². The Labute approximate surface area is 205 Å². The Kier molecular flexibility index (Phi) is 7.91. The summed E-state index contributed by atoms with van der Waals surface area (Å²) in [6.45, 7) is 7.61. The fourth-order valence-electron chi connectivity index (χ4n) is 3.21. The summed E-state index contributed by atoms with van der Waals surface area (Å²) in [5.41, 5.74) is -0.391. The highest BCUT2D eigenvalue weighted by Crippen LogP contribution is 2.28. The van der Waals surface area contributed by atoms with Crippen molar-refractivity contribution in [1.82, 2.24) is 14.5 Å². The van der Waals surface area contributed by atoms with E-state index in [1.54, 1.807) is 54.5 Å². The molecule has 9 heteroatoms. The zero-order valence-corrected chi connectivity index (χ0v) is 20.9. The molecule has 0 atom stereocenters. The number of para-hydroxylation sites is 1. The molecule has 0 bridgehead atoms. The SMILES string of the molecule is C/C=C\Cn1c(N(C)C)nc(NC(=O)c2cccnc2Oc2ccccc2)c1C(=O)OC(C)(C)C. The zero-order valence-electron chi connectivity index (χ0n) is 20.9. The molecule has 0 saturated carbocycles. The van der Waals surface area contributed by atoms with Crippen molar-refractivity contribution in [1.29, 1.82) is 0 Å². The van der Waals surface area contributed by atoms with Crippen molar-refractivity contribution in [3.8, 4) is 11.6 Å². The van der Waals surface area contributed by atoms with Crippen molar-refractivity contribution in [3.63, 3.8) is 0 Å². The lowest BCUT2D eigenvalue weighted by Crippen LogP contribution is -2.27. The molecule has 1 N–H and O–H groups in total. The molecule has 9 nitrogen and oxygen atoms in total. The van der Waals surface area contributed by atoms with E-state index in [1.807, 2.05) is 51.4 Å². The van der Waals surface area contributed by atoms with Crippen LogP contribution >= 0.6 is 0 Å². The van der Waals surface area contributed by atoms with Gasteiger partial charge >= 0.3 is 5.97 Å². The third-order valence-corrected chi connectivity index (χ3v) is 4.67. The van der Waals surface area contributed by atoms with E-state index in [-0.39, 0.29) is 23.0 Å². The predicted molar refractivity (Wildman–Crippen MR) is 135 cm³/mol. The third kappa shape index (κ3) is 6.47. The number of amides is 1. The Morgan fingerprint density at radius 3 is 2.46 bits per heavy atom. The second-order valence-electron chi connectivity index (χ2n) is 8.91. The molecular weight excluding hydrogens is 446 g/mol. The number of carbonyl (C=O) groups is 2. The minimum atomic E-state index is -0.730. The molecule has 0 radical (unpaired) electrons. The highest BCUT2D eigenvalue weighted by atomic mass is 16.6. The average molecular weight is 478 g/mol. The second-order valence-corrected chi connectivity index (χ2v) is 8.91. The number of esters is 1. The molecule has 2 aromatic heterocycles. The van der Waals surface area contributed by atoms with Crippen LogP contribution in [0.1, 0.15) is 48.5 Å². The third-order valence-electron chi connectivity index (χ3n) is 4.67. The quantitative estimate of drug-likeness (QED) is 0.363. The molecule has 35 heavy (non-hydrogen) atoms. The van der Waals surface area contributed by atoms with Gasteiger partial charge in [-0.3, -0.25) is 9.36 Å². The highest BCUT2D eigenvalue weighted by Gasteiger charge is 2.30. The first-order valence-corrected chi connectivity index (χ1v) is 11.2. The first-order valence-electron chi connectivity index (χ1n) is 11.2. The molecule has 1 amide bonds.